The molecule has 0 amide bonds. The maximum atomic E-state index is 11.0. The summed E-state index contributed by atoms with van der Waals surface area (Å²) in [6, 6.07) is 10.4. The van der Waals surface area contributed by atoms with Gasteiger partial charge in [0, 0.05) is 11.8 Å². The average Bonchev–Trinajstić information content (AvgIpc) is 2.61. The Balaban J connectivity index is 2.19. The number of aldehydes is 1. The third-order valence-electron chi connectivity index (χ3n) is 3.14. The molecule has 23 heavy (non-hydrogen) atoms. The van der Waals surface area contributed by atoms with E-state index in [0.29, 0.717) is 24.1 Å². The molecule has 2 N–H and O–H groups in total. The van der Waals surface area contributed by atoms with E-state index in [1.165, 1.54) is 6.20 Å². The highest BCUT2D eigenvalue weighted by Crippen LogP contribution is 2.19. The minimum absolute atomic E-state index is 0.104. The first kappa shape index (κ1) is 16.6. The number of aromatic nitrogens is 1. The second kappa shape index (κ2) is 8.65. The van der Waals surface area contributed by atoms with Gasteiger partial charge in [0.25, 0.3) is 0 Å². The molecule has 6 nitrogen and oxygen atoms in total. The summed E-state index contributed by atoms with van der Waals surface area (Å²) in [5, 5.41) is 9.30. The van der Waals surface area contributed by atoms with Crippen molar-refractivity contribution >= 4 is 17.8 Å². The molecule has 1 heterocycles. The van der Waals surface area contributed by atoms with Gasteiger partial charge in [-0.25, -0.2) is 4.99 Å². The summed E-state index contributed by atoms with van der Waals surface area (Å²) >= 11 is 0. The van der Waals surface area contributed by atoms with Gasteiger partial charge < -0.3 is 4.74 Å². The number of nitrogens with zero attached hydrogens (tertiary/aromatic N) is 2. The largest absolute Gasteiger partial charge is 0.494 e. The number of pyridine rings is 1. The van der Waals surface area contributed by atoms with E-state index in [1.807, 2.05) is 17.6 Å². The van der Waals surface area contributed by atoms with Crippen LogP contribution in [-0.4, -0.2) is 28.9 Å². The van der Waals surface area contributed by atoms with Crippen LogP contribution in [0.1, 0.15) is 35.8 Å². The van der Waals surface area contributed by atoms with Crippen LogP contribution in [0.3, 0.4) is 0 Å². The van der Waals surface area contributed by atoms with E-state index in [-0.39, 0.29) is 11.5 Å². The molecule has 0 spiro atoms. The summed E-state index contributed by atoms with van der Waals surface area (Å²) in [4.78, 5) is 19.4. The van der Waals surface area contributed by atoms with Crippen LogP contribution < -0.4 is 10.2 Å². The Morgan fingerprint density at radius 3 is 2.78 bits per heavy atom. The Bertz CT molecular complexity index is 669. The molecule has 0 aliphatic carbocycles. The lowest BCUT2D eigenvalue weighted by Crippen LogP contribution is -2.22. The zero-order valence-corrected chi connectivity index (χ0v) is 12.9. The van der Waals surface area contributed by atoms with Crippen LogP contribution >= 0.6 is 0 Å². The fourth-order valence-corrected chi connectivity index (χ4v) is 1.92. The standard InChI is InChI=1S/C17H19N3O3/c1-2-3-11-23-15-8-6-14(7-9-15)19-17(20-22)16-13(12-21)5-4-10-18-16/h4-10,12,22H,2-3,11H2,1H3,(H,19,20). The van der Waals surface area contributed by atoms with Crippen molar-refractivity contribution in [2.75, 3.05) is 6.61 Å². The fourth-order valence-electron chi connectivity index (χ4n) is 1.92. The van der Waals surface area contributed by atoms with Crippen LogP contribution in [-0.2, 0) is 0 Å². The van der Waals surface area contributed by atoms with Gasteiger partial charge in [-0.15, -0.1) is 0 Å². The number of ether oxygens (including phenoxy) is 1. The molecule has 2 rings (SSSR count). The topological polar surface area (TPSA) is 83.8 Å². The molecular formula is C17H19N3O3. The third-order valence-corrected chi connectivity index (χ3v) is 3.14. The van der Waals surface area contributed by atoms with Crippen LogP contribution in [0.15, 0.2) is 47.6 Å². The van der Waals surface area contributed by atoms with Gasteiger partial charge in [0.1, 0.15) is 11.4 Å². The number of hydroxylamine groups is 1. The molecule has 0 fully saturated rings. The number of benzene rings is 1. The summed E-state index contributed by atoms with van der Waals surface area (Å²) < 4.78 is 5.58. The van der Waals surface area contributed by atoms with Crippen LogP contribution in [0.2, 0.25) is 0 Å². The van der Waals surface area contributed by atoms with E-state index in [9.17, 15) is 10.0 Å². The van der Waals surface area contributed by atoms with Crippen LogP contribution in [0.4, 0.5) is 5.69 Å². The quantitative estimate of drug-likeness (QED) is 0.270. The first-order valence-electron chi connectivity index (χ1n) is 7.40. The van der Waals surface area contributed by atoms with Gasteiger partial charge in [-0.3, -0.25) is 20.5 Å². The highest BCUT2D eigenvalue weighted by atomic mass is 16.5. The van der Waals surface area contributed by atoms with E-state index >= 15 is 0 Å². The maximum Gasteiger partial charge on any atom is 0.177 e. The molecule has 0 bridgehead atoms. The minimum Gasteiger partial charge on any atom is -0.494 e. The molecule has 1 aromatic carbocycles. The van der Waals surface area contributed by atoms with Crippen molar-refractivity contribution in [2.24, 2.45) is 4.99 Å². The van der Waals surface area contributed by atoms with Crippen LogP contribution in [0.25, 0.3) is 0 Å². The summed E-state index contributed by atoms with van der Waals surface area (Å²) in [5.74, 6) is 0.870. The van der Waals surface area contributed by atoms with Crippen molar-refractivity contribution in [3.05, 3.63) is 53.9 Å². The van der Waals surface area contributed by atoms with Gasteiger partial charge in [0.05, 0.1) is 12.3 Å². The van der Waals surface area contributed by atoms with Crippen LogP contribution in [0.5, 0.6) is 5.75 Å². The first-order chi connectivity index (χ1) is 11.3. The second-order valence-corrected chi connectivity index (χ2v) is 4.83. The van der Waals surface area contributed by atoms with Crippen molar-refractivity contribution in [3.63, 3.8) is 0 Å². The SMILES string of the molecule is CCCCOc1ccc(N=C(NO)c2ncccc2C=O)cc1. The van der Waals surface area contributed by atoms with Gasteiger partial charge in [0.15, 0.2) is 12.1 Å². The summed E-state index contributed by atoms with van der Waals surface area (Å²) in [6.45, 7) is 2.79. The Morgan fingerprint density at radius 1 is 1.35 bits per heavy atom. The maximum absolute atomic E-state index is 11.0. The van der Waals surface area contributed by atoms with Gasteiger partial charge in [0.2, 0.25) is 0 Å². The summed E-state index contributed by atoms with van der Waals surface area (Å²) in [7, 11) is 0. The molecule has 0 saturated heterocycles. The average molecular weight is 313 g/mol. The number of hydrogen-bond acceptors (Lipinski definition) is 5. The van der Waals surface area contributed by atoms with Crippen molar-refractivity contribution < 1.29 is 14.7 Å². The Kier molecular flexibility index (Phi) is 6.26. The van der Waals surface area contributed by atoms with E-state index < -0.39 is 0 Å². The van der Waals surface area contributed by atoms with E-state index in [0.717, 1.165) is 18.6 Å². The molecule has 0 radical (unpaired) electrons. The molecule has 1 aromatic heterocycles. The molecule has 0 atom stereocenters. The van der Waals surface area contributed by atoms with Crippen LogP contribution in [0, 0.1) is 0 Å². The molecule has 6 heteroatoms. The molecular weight excluding hydrogens is 294 g/mol. The minimum atomic E-state index is 0.104. The molecule has 120 valence electrons. The Labute approximate surface area is 134 Å². The number of amidine groups is 1. The summed E-state index contributed by atoms with van der Waals surface area (Å²) in [6.07, 6.45) is 4.28. The number of rotatable bonds is 7. The fraction of sp³-hybridized carbons (Fsp3) is 0.235. The van der Waals surface area contributed by atoms with Crippen molar-refractivity contribution in [1.82, 2.24) is 10.5 Å². The lowest BCUT2D eigenvalue weighted by Gasteiger charge is -2.07. The van der Waals surface area contributed by atoms with E-state index in [4.69, 9.17) is 4.74 Å². The van der Waals surface area contributed by atoms with E-state index in [2.05, 4.69) is 16.9 Å². The van der Waals surface area contributed by atoms with Gasteiger partial charge in [-0.2, -0.15) is 0 Å². The van der Waals surface area contributed by atoms with Gasteiger partial charge >= 0.3 is 0 Å². The van der Waals surface area contributed by atoms with Gasteiger partial charge in [-0.05, 0) is 42.8 Å². The zero-order chi connectivity index (χ0) is 16.5. The first-order valence-corrected chi connectivity index (χ1v) is 7.40. The van der Waals surface area contributed by atoms with E-state index in [1.54, 1.807) is 24.3 Å². The normalized spacial score (nSPS) is 11.1. The third kappa shape index (κ3) is 4.62. The lowest BCUT2D eigenvalue weighted by atomic mass is 10.2. The predicted molar refractivity (Wildman–Crippen MR) is 87.6 cm³/mol. The highest BCUT2D eigenvalue weighted by Gasteiger charge is 2.10. The molecule has 0 unspecified atom stereocenters. The smallest absolute Gasteiger partial charge is 0.177 e. The second-order valence-electron chi connectivity index (χ2n) is 4.83. The lowest BCUT2D eigenvalue weighted by molar-refractivity contribution is 0.112. The number of unbranched alkanes of at least 4 members (excludes halogenated alkanes) is 1. The van der Waals surface area contributed by atoms with Crippen molar-refractivity contribution in [2.45, 2.75) is 19.8 Å². The van der Waals surface area contributed by atoms with Crippen molar-refractivity contribution in [1.29, 1.82) is 0 Å². The monoisotopic (exact) mass is 313 g/mol. The molecule has 2 aromatic rings. The number of hydrogen-bond donors (Lipinski definition) is 2. The predicted octanol–water partition coefficient (Wildman–Crippen LogP) is 3.13. The molecule has 0 aliphatic rings. The van der Waals surface area contributed by atoms with Crippen molar-refractivity contribution in [3.8, 4) is 5.75 Å². The summed E-state index contributed by atoms with van der Waals surface area (Å²) in [5.41, 5.74) is 3.22. The zero-order valence-electron chi connectivity index (χ0n) is 12.9. The number of carbonyl (C=O) groups is 1. The molecule has 0 aliphatic heterocycles. The Hall–Kier alpha value is -2.73. The number of carbonyl (C=O) groups excluding carboxylic acids is 1. The number of aliphatic imine (C=N–C) groups is 1. The highest BCUT2D eigenvalue weighted by molar-refractivity contribution is 6.03. The Morgan fingerprint density at radius 2 is 2.13 bits per heavy atom. The molecule has 0 saturated carbocycles. The number of nitrogens with one attached hydrogen (secondary N) is 1. The van der Waals surface area contributed by atoms with Gasteiger partial charge in [-0.1, -0.05) is 13.3 Å².